The second-order valence-electron chi connectivity index (χ2n) is 6.35. The Morgan fingerprint density at radius 1 is 1.15 bits per heavy atom. The number of benzene rings is 1. The van der Waals surface area contributed by atoms with E-state index < -0.39 is 0 Å². The van der Waals surface area contributed by atoms with Crippen molar-refractivity contribution in [3.63, 3.8) is 0 Å². The summed E-state index contributed by atoms with van der Waals surface area (Å²) in [5, 5.41) is 11.3. The summed E-state index contributed by atoms with van der Waals surface area (Å²) >= 11 is 5.80. The summed E-state index contributed by atoms with van der Waals surface area (Å²) in [6.07, 6.45) is 1.76. The van der Waals surface area contributed by atoms with E-state index >= 15 is 0 Å². The fourth-order valence-electron chi connectivity index (χ4n) is 3.24. The van der Waals surface area contributed by atoms with E-state index in [1.54, 1.807) is 12.1 Å². The molecule has 0 radical (unpaired) electrons. The van der Waals surface area contributed by atoms with Gasteiger partial charge in [-0.2, -0.15) is 0 Å². The molecular weight excluding hydrogens is 356 g/mol. The van der Waals surface area contributed by atoms with Crippen LogP contribution in [-0.2, 0) is 4.79 Å². The minimum Gasteiger partial charge on any atom is -0.486 e. The van der Waals surface area contributed by atoms with Gasteiger partial charge in [-0.05, 0) is 37.1 Å². The third-order valence-electron chi connectivity index (χ3n) is 4.54. The van der Waals surface area contributed by atoms with Crippen molar-refractivity contribution in [1.82, 2.24) is 10.2 Å². The smallest absolute Gasteiger partial charge is 0.229 e. The molecule has 1 N–H and O–H groups in total. The highest BCUT2D eigenvalue weighted by Gasteiger charge is 2.27. The summed E-state index contributed by atoms with van der Waals surface area (Å²) in [5.74, 6) is 1.99. The molecule has 2 aliphatic rings. The third kappa shape index (κ3) is 3.67. The maximum absolute atomic E-state index is 12.7. The number of carbonyl (C=O) groups excluding carboxylic acids is 1. The number of carbonyl (C=O) groups is 1. The molecule has 8 heteroatoms. The number of rotatable bonds is 3. The summed E-state index contributed by atoms with van der Waals surface area (Å²) in [6, 6.07) is 8.99. The Labute approximate surface area is 156 Å². The average molecular weight is 375 g/mol. The lowest BCUT2D eigenvalue weighted by Gasteiger charge is -2.32. The van der Waals surface area contributed by atoms with E-state index in [0.29, 0.717) is 42.1 Å². The van der Waals surface area contributed by atoms with Crippen molar-refractivity contribution in [2.24, 2.45) is 5.92 Å². The van der Waals surface area contributed by atoms with Crippen LogP contribution in [0.1, 0.15) is 12.8 Å². The maximum atomic E-state index is 12.7. The van der Waals surface area contributed by atoms with Crippen LogP contribution in [0.3, 0.4) is 0 Å². The molecule has 0 bridgehead atoms. The molecule has 26 heavy (non-hydrogen) atoms. The molecule has 1 aromatic carbocycles. The second-order valence-corrected chi connectivity index (χ2v) is 6.73. The van der Waals surface area contributed by atoms with Gasteiger partial charge in [-0.25, -0.2) is 0 Å². The van der Waals surface area contributed by atoms with Crippen molar-refractivity contribution in [2.75, 3.05) is 36.5 Å². The lowest BCUT2D eigenvalue weighted by atomic mass is 9.97. The molecule has 1 fully saturated rings. The maximum Gasteiger partial charge on any atom is 0.229 e. The minimum atomic E-state index is -0.116. The molecule has 2 aromatic rings. The minimum absolute atomic E-state index is 0.00620. The fourth-order valence-corrected chi connectivity index (χ4v) is 3.34. The number of fused-ring (bicyclic) bond motifs is 1. The van der Waals surface area contributed by atoms with Crippen molar-refractivity contribution in [3.8, 4) is 11.5 Å². The van der Waals surface area contributed by atoms with Crippen LogP contribution in [0.4, 0.5) is 11.5 Å². The number of piperidine rings is 1. The summed E-state index contributed by atoms with van der Waals surface area (Å²) in [4.78, 5) is 14.8. The molecule has 2 aliphatic heterocycles. The number of hydrogen-bond donors (Lipinski definition) is 1. The number of aromatic nitrogens is 2. The first kappa shape index (κ1) is 16.9. The number of anilines is 2. The van der Waals surface area contributed by atoms with Gasteiger partial charge in [0, 0.05) is 24.8 Å². The molecule has 0 saturated carbocycles. The molecule has 136 valence electrons. The lowest BCUT2D eigenvalue weighted by molar-refractivity contribution is -0.120. The van der Waals surface area contributed by atoms with Gasteiger partial charge in [0.05, 0.1) is 5.92 Å². The summed E-state index contributed by atoms with van der Waals surface area (Å²) < 4.78 is 11.1. The number of ether oxygens (including phenoxy) is 2. The van der Waals surface area contributed by atoms with Crippen LogP contribution >= 0.6 is 11.6 Å². The number of hydrogen-bond acceptors (Lipinski definition) is 6. The zero-order valence-corrected chi connectivity index (χ0v) is 14.9. The molecule has 0 spiro atoms. The standard InChI is InChI=1S/C18H19ClN4O3/c19-16-5-6-17(22-21-16)23-7-1-2-12(11-23)18(24)20-13-3-4-14-15(10-13)26-9-8-25-14/h3-6,10,12H,1-2,7-9,11H2,(H,20,24)/t12-/m1/s1. The highest BCUT2D eigenvalue weighted by Crippen LogP contribution is 2.33. The number of halogens is 1. The monoisotopic (exact) mass is 374 g/mol. The SMILES string of the molecule is O=C(Nc1ccc2c(c1)OCCO2)[C@@H]1CCCN(c2ccc(Cl)nn2)C1. The zero-order valence-electron chi connectivity index (χ0n) is 14.2. The average Bonchev–Trinajstić information content (AvgIpc) is 2.68. The Kier molecular flexibility index (Phi) is 4.79. The molecule has 1 atom stereocenters. The van der Waals surface area contributed by atoms with Gasteiger partial charge in [0.15, 0.2) is 22.5 Å². The first-order valence-electron chi connectivity index (χ1n) is 8.64. The van der Waals surface area contributed by atoms with Crippen LogP contribution in [0.25, 0.3) is 0 Å². The van der Waals surface area contributed by atoms with Crippen molar-refractivity contribution in [3.05, 3.63) is 35.5 Å². The van der Waals surface area contributed by atoms with Gasteiger partial charge < -0.3 is 19.7 Å². The Morgan fingerprint density at radius 2 is 2.00 bits per heavy atom. The van der Waals surface area contributed by atoms with Gasteiger partial charge >= 0.3 is 0 Å². The van der Waals surface area contributed by atoms with Crippen LogP contribution in [0, 0.1) is 5.92 Å². The zero-order chi connectivity index (χ0) is 17.9. The van der Waals surface area contributed by atoms with E-state index in [0.717, 1.165) is 25.2 Å². The molecular formula is C18H19ClN4O3. The molecule has 0 aliphatic carbocycles. The van der Waals surface area contributed by atoms with Crippen LogP contribution in [0.5, 0.6) is 11.5 Å². The van der Waals surface area contributed by atoms with Crippen molar-refractivity contribution >= 4 is 29.0 Å². The predicted octanol–water partition coefficient (Wildman–Crippen LogP) is 2.76. The first-order valence-corrected chi connectivity index (χ1v) is 9.01. The van der Waals surface area contributed by atoms with E-state index in [2.05, 4.69) is 20.4 Å². The molecule has 0 unspecified atom stereocenters. The molecule has 1 saturated heterocycles. The van der Waals surface area contributed by atoms with Crippen molar-refractivity contribution < 1.29 is 14.3 Å². The highest BCUT2D eigenvalue weighted by molar-refractivity contribution is 6.29. The Bertz CT molecular complexity index is 800. The largest absolute Gasteiger partial charge is 0.486 e. The second kappa shape index (κ2) is 7.37. The topological polar surface area (TPSA) is 76.6 Å². The van der Waals surface area contributed by atoms with E-state index in [1.165, 1.54) is 0 Å². The molecule has 1 amide bonds. The van der Waals surface area contributed by atoms with Crippen molar-refractivity contribution in [1.29, 1.82) is 0 Å². The summed E-state index contributed by atoms with van der Waals surface area (Å²) in [7, 11) is 0. The fraction of sp³-hybridized carbons (Fsp3) is 0.389. The Hall–Kier alpha value is -2.54. The number of nitrogens with one attached hydrogen (secondary N) is 1. The number of nitrogens with zero attached hydrogens (tertiary/aromatic N) is 3. The first-order chi connectivity index (χ1) is 12.7. The van der Waals surface area contributed by atoms with Crippen LogP contribution in [0.15, 0.2) is 30.3 Å². The quantitative estimate of drug-likeness (QED) is 0.890. The summed E-state index contributed by atoms with van der Waals surface area (Å²) in [6.45, 7) is 2.52. The molecule has 7 nitrogen and oxygen atoms in total. The van der Waals surface area contributed by atoms with E-state index in [1.807, 2.05) is 18.2 Å². The molecule has 3 heterocycles. The van der Waals surface area contributed by atoms with E-state index in [9.17, 15) is 4.79 Å². The summed E-state index contributed by atoms with van der Waals surface area (Å²) in [5.41, 5.74) is 0.711. The Morgan fingerprint density at radius 3 is 2.81 bits per heavy atom. The van der Waals surface area contributed by atoms with Gasteiger partial charge in [0.2, 0.25) is 5.91 Å². The van der Waals surface area contributed by atoms with Crippen LogP contribution < -0.4 is 19.7 Å². The third-order valence-corrected chi connectivity index (χ3v) is 4.75. The van der Waals surface area contributed by atoms with E-state index in [-0.39, 0.29) is 11.8 Å². The van der Waals surface area contributed by atoms with Crippen LogP contribution in [0.2, 0.25) is 5.15 Å². The van der Waals surface area contributed by atoms with Gasteiger partial charge in [0.1, 0.15) is 13.2 Å². The van der Waals surface area contributed by atoms with Gasteiger partial charge in [0.25, 0.3) is 0 Å². The Balaban J connectivity index is 1.42. The van der Waals surface area contributed by atoms with Crippen molar-refractivity contribution in [2.45, 2.75) is 12.8 Å². The van der Waals surface area contributed by atoms with Gasteiger partial charge in [-0.15, -0.1) is 10.2 Å². The molecule has 1 aromatic heterocycles. The predicted molar refractivity (Wildman–Crippen MR) is 98.0 cm³/mol. The molecule has 4 rings (SSSR count). The van der Waals surface area contributed by atoms with Gasteiger partial charge in [-0.1, -0.05) is 11.6 Å². The van der Waals surface area contributed by atoms with E-state index in [4.69, 9.17) is 21.1 Å². The lowest BCUT2D eigenvalue weighted by Crippen LogP contribution is -2.41. The number of amides is 1. The normalized spacial score (nSPS) is 19.1. The van der Waals surface area contributed by atoms with Crippen LogP contribution in [-0.4, -0.2) is 42.4 Å². The van der Waals surface area contributed by atoms with Gasteiger partial charge in [-0.3, -0.25) is 4.79 Å². The highest BCUT2D eigenvalue weighted by atomic mass is 35.5.